The van der Waals surface area contributed by atoms with E-state index in [1.807, 2.05) is 32.5 Å². The molecule has 0 radical (unpaired) electrons. The average molecular weight is 336 g/mol. The first kappa shape index (κ1) is 18.5. The third-order valence-corrected chi connectivity index (χ3v) is 5.66. The van der Waals surface area contributed by atoms with Gasteiger partial charge in [0.1, 0.15) is 4.90 Å². The summed E-state index contributed by atoms with van der Waals surface area (Å²) in [6.45, 7) is 6.43. The third kappa shape index (κ3) is 4.71. The molecular weight excluding hydrogens is 310 g/mol. The molecule has 7 heteroatoms. The SMILES string of the molecule is CCN(CCCN(C)C)S(=O)(=O)c1cc(CCl)n(CC)c1. The predicted molar refractivity (Wildman–Crippen MR) is 87.3 cm³/mol. The van der Waals surface area contributed by atoms with Gasteiger partial charge in [0, 0.05) is 31.5 Å². The monoisotopic (exact) mass is 335 g/mol. The lowest BCUT2D eigenvalue weighted by Crippen LogP contribution is -2.33. The molecular formula is C14H26ClN3O2S. The van der Waals surface area contributed by atoms with Crippen molar-refractivity contribution in [3.63, 3.8) is 0 Å². The van der Waals surface area contributed by atoms with Crippen molar-refractivity contribution in [2.75, 3.05) is 33.7 Å². The number of aryl methyl sites for hydroxylation is 1. The Balaban J connectivity index is 2.93. The molecule has 21 heavy (non-hydrogen) atoms. The van der Waals surface area contributed by atoms with Crippen LogP contribution in [-0.4, -0.2) is 55.9 Å². The number of sulfonamides is 1. The minimum absolute atomic E-state index is 0.316. The normalized spacial score (nSPS) is 12.5. The quantitative estimate of drug-likeness (QED) is 0.650. The van der Waals surface area contributed by atoms with E-state index < -0.39 is 10.0 Å². The molecule has 1 aromatic heterocycles. The second-order valence-electron chi connectivity index (χ2n) is 5.24. The molecule has 0 saturated carbocycles. The zero-order chi connectivity index (χ0) is 16.0. The van der Waals surface area contributed by atoms with Crippen molar-refractivity contribution in [3.8, 4) is 0 Å². The summed E-state index contributed by atoms with van der Waals surface area (Å²) in [7, 11) is 0.534. The first-order chi connectivity index (χ1) is 9.86. The Morgan fingerprint density at radius 1 is 1.24 bits per heavy atom. The maximum absolute atomic E-state index is 12.7. The van der Waals surface area contributed by atoms with Crippen molar-refractivity contribution in [1.29, 1.82) is 0 Å². The van der Waals surface area contributed by atoms with Gasteiger partial charge in [-0.2, -0.15) is 4.31 Å². The molecule has 122 valence electrons. The Bertz CT molecular complexity index is 519. The Morgan fingerprint density at radius 2 is 1.90 bits per heavy atom. The fraction of sp³-hybridized carbons (Fsp3) is 0.714. The van der Waals surface area contributed by atoms with Crippen LogP contribution < -0.4 is 0 Å². The Hall–Kier alpha value is -0.560. The van der Waals surface area contributed by atoms with Gasteiger partial charge in [-0.05, 0) is 40.1 Å². The molecule has 0 spiro atoms. The van der Waals surface area contributed by atoms with Gasteiger partial charge in [0.05, 0.1) is 5.88 Å². The molecule has 0 N–H and O–H groups in total. The van der Waals surface area contributed by atoms with Gasteiger partial charge in [0.15, 0.2) is 0 Å². The Morgan fingerprint density at radius 3 is 2.33 bits per heavy atom. The summed E-state index contributed by atoms with van der Waals surface area (Å²) in [6, 6.07) is 1.68. The molecule has 1 rings (SSSR count). The molecule has 0 aliphatic heterocycles. The van der Waals surface area contributed by atoms with Gasteiger partial charge >= 0.3 is 0 Å². The summed E-state index contributed by atoms with van der Waals surface area (Å²) in [6.07, 6.45) is 2.50. The lowest BCUT2D eigenvalue weighted by atomic mass is 10.4. The van der Waals surface area contributed by atoms with Crippen LogP contribution in [0.2, 0.25) is 0 Å². The molecule has 0 aliphatic carbocycles. The Kier molecular flexibility index (Phi) is 7.20. The topological polar surface area (TPSA) is 45.6 Å². The molecule has 5 nitrogen and oxygen atoms in total. The van der Waals surface area contributed by atoms with E-state index in [1.54, 1.807) is 12.3 Å². The standard InChI is InChI=1S/C14H26ClN3O2S/c1-5-17-12-14(10-13(17)11-15)21(19,20)18(6-2)9-7-8-16(3)4/h10,12H,5-9,11H2,1-4H3. The van der Waals surface area contributed by atoms with E-state index >= 15 is 0 Å². The third-order valence-electron chi connectivity index (χ3n) is 3.44. The number of alkyl halides is 1. The lowest BCUT2D eigenvalue weighted by molar-refractivity contribution is 0.356. The number of hydrogen-bond acceptors (Lipinski definition) is 3. The van der Waals surface area contributed by atoms with E-state index in [9.17, 15) is 8.42 Å². The molecule has 0 amide bonds. The van der Waals surface area contributed by atoms with Crippen molar-refractivity contribution in [1.82, 2.24) is 13.8 Å². The van der Waals surface area contributed by atoms with Crippen LogP contribution in [0.1, 0.15) is 26.0 Å². The molecule has 1 aromatic rings. The fourth-order valence-corrected chi connectivity index (χ4v) is 4.02. The van der Waals surface area contributed by atoms with E-state index in [0.717, 1.165) is 18.7 Å². The average Bonchev–Trinajstić information content (AvgIpc) is 2.87. The summed E-state index contributed by atoms with van der Waals surface area (Å²) in [4.78, 5) is 2.39. The number of hydrogen-bond donors (Lipinski definition) is 0. The summed E-state index contributed by atoms with van der Waals surface area (Å²) in [5, 5.41) is 0. The number of aromatic nitrogens is 1. The smallest absolute Gasteiger partial charge is 0.244 e. The second kappa shape index (κ2) is 8.17. The van der Waals surface area contributed by atoms with Crippen LogP contribution in [-0.2, 0) is 22.4 Å². The predicted octanol–water partition coefficient (Wildman–Crippen LogP) is 2.21. The minimum atomic E-state index is -3.44. The highest BCUT2D eigenvalue weighted by molar-refractivity contribution is 7.89. The largest absolute Gasteiger partial charge is 0.349 e. The molecule has 0 aliphatic rings. The first-order valence-electron chi connectivity index (χ1n) is 7.26. The second-order valence-corrected chi connectivity index (χ2v) is 7.45. The first-order valence-corrected chi connectivity index (χ1v) is 9.24. The van der Waals surface area contributed by atoms with E-state index in [0.29, 0.717) is 30.4 Å². The highest BCUT2D eigenvalue weighted by Crippen LogP contribution is 2.20. The van der Waals surface area contributed by atoms with Crippen molar-refractivity contribution in [2.45, 2.75) is 37.6 Å². The van der Waals surface area contributed by atoms with Crippen molar-refractivity contribution >= 4 is 21.6 Å². The molecule has 0 fully saturated rings. The van der Waals surface area contributed by atoms with Gasteiger partial charge in [-0.3, -0.25) is 0 Å². The zero-order valence-corrected chi connectivity index (χ0v) is 14.9. The van der Waals surface area contributed by atoms with Gasteiger partial charge in [-0.25, -0.2) is 8.42 Å². The van der Waals surface area contributed by atoms with Gasteiger partial charge in [0.25, 0.3) is 0 Å². The fourth-order valence-electron chi connectivity index (χ4n) is 2.23. The molecule has 1 heterocycles. The summed E-state index contributed by atoms with van der Waals surface area (Å²) in [5.41, 5.74) is 0.835. The maximum atomic E-state index is 12.7. The van der Waals surface area contributed by atoms with Crippen molar-refractivity contribution in [2.24, 2.45) is 0 Å². The molecule has 0 aromatic carbocycles. The van der Waals surface area contributed by atoms with Crippen LogP contribution in [0, 0.1) is 0 Å². The van der Waals surface area contributed by atoms with Crippen molar-refractivity contribution < 1.29 is 8.42 Å². The highest BCUT2D eigenvalue weighted by atomic mass is 35.5. The van der Waals surface area contributed by atoms with Gasteiger partial charge < -0.3 is 9.47 Å². The van der Waals surface area contributed by atoms with Crippen LogP contribution in [0.3, 0.4) is 0 Å². The molecule has 0 atom stereocenters. The number of nitrogens with zero attached hydrogens (tertiary/aromatic N) is 3. The molecule has 0 bridgehead atoms. The summed E-state index contributed by atoms with van der Waals surface area (Å²) >= 11 is 5.87. The highest BCUT2D eigenvalue weighted by Gasteiger charge is 2.24. The summed E-state index contributed by atoms with van der Waals surface area (Å²) in [5.74, 6) is 0.316. The Labute approximate surface area is 133 Å². The lowest BCUT2D eigenvalue weighted by Gasteiger charge is -2.20. The van der Waals surface area contributed by atoms with Crippen LogP contribution >= 0.6 is 11.6 Å². The number of halogens is 1. The molecule has 0 saturated heterocycles. The summed E-state index contributed by atoms with van der Waals surface area (Å²) < 4.78 is 28.8. The number of rotatable bonds is 9. The van der Waals surface area contributed by atoms with E-state index in [1.165, 1.54) is 4.31 Å². The van der Waals surface area contributed by atoms with E-state index in [4.69, 9.17) is 11.6 Å². The molecule has 0 unspecified atom stereocenters. The zero-order valence-electron chi connectivity index (χ0n) is 13.3. The van der Waals surface area contributed by atoms with Crippen LogP contribution in [0.4, 0.5) is 0 Å². The van der Waals surface area contributed by atoms with Crippen molar-refractivity contribution in [3.05, 3.63) is 18.0 Å². The van der Waals surface area contributed by atoms with Crippen LogP contribution in [0.15, 0.2) is 17.2 Å². The maximum Gasteiger partial charge on any atom is 0.244 e. The van der Waals surface area contributed by atoms with Crippen LogP contribution in [0.25, 0.3) is 0 Å². The minimum Gasteiger partial charge on any atom is -0.349 e. The van der Waals surface area contributed by atoms with E-state index in [2.05, 4.69) is 4.90 Å². The van der Waals surface area contributed by atoms with E-state index in [-0.39, 0.29) is 0 Å². The van der Waals surface area contributed by atoms with Gasteiger partial charge in [-0.1, -0.05) is 6.92 Å². The van der Waals surface area contributed by atoms with Gasteiger partial charge in [0.2, 0.25) is 10.0 Å². The van der Waals surface area contributed by atoms with Gasteiger partial charge in [-0.15, -0.1) is 11.6 Å². The van der Waals surface area contributed by atoms with Crippen LogP contribution in [0.5, 0.6) is 0 Å².